The maximum absolute atomic E-state index is 14.5. The summed E-state index contributed by atoms with van der Waals surface area (Å²) in [6.07, 6.45) is 2.23. The van der Waals surface area contributed by atoms with E-state index in [1.807, 2.05) is 6.92 Å². The zero-order valence-electron chi connectivity index (χ0n) is 26.8. The van der Waals surface area contributed by atoms with Gasteiger partial charge in [0.25, 0.3) is 0 Å². The number of hydrogen-bond acceptors (Lipinski definition) is 9. The van der Waals surface area contributed by atoms with E-state index in [-0.39, 0.29) is 16.8 Å². The summed E-state index contributed by atoms with van der Waals surface area (Å²) < 4.78 is 127. The van der Waals surface area contributed by atoms with Crippen molar-refractivity contribution in [3.05, 3.63) is 65.7 Å². The Kier molecular flexibility index (Phi) is 13.4. The molecule has 0 fully saturated rings. The second kappa shape index (κ2) is 16.0. The third-order valence-corrected chi connectivity index (χ3v) is 8.77. The molecule has 1 atom stereocenters. The van der Waals surface area contributed by atoms with E-state index in [9.17, 15) is 54.3 Å². The van der Waals surface area contributed by atoms with E-state index in [0.29, 0.717) is 31.4 Å². The van der Waals surface area contributed by atoms with E-state index in [0.717, 1.165) is 38.8 Å². The van der Waals surface area contributed by atoms with Gasteiger partial charge < -0.3 is 18.4 Å². The third-order valence-electron chi connectivity index (χ3n) is 7.11. The zero-order valence-corrected chi connectivity index (χ0v) is 27.8. The summed E-state index contributed by atoms with van der Waals surface area (Å²) in [5.74, 6) is -37.4. The first-order valence-corrected chi connectivity index (χ1v) is 17.4. The number of oxime groups is 1. The van der Waals surface area contributed by atoms with Crippen LogP contribution in [0.4, 0.5) is 35.1 Å². The lowest BCUT2D eigenvalue weighted by Gasteiger charge is -2.35. The van der Waals surface area contributed by atoms with E-state index in [1.54, 1.807) is 25.1 Å². The summed E-state index contributed by atoms with van der Waals surface area (Å²) in [6.45, 7) is 5.42. The number of ketones is 1. The van der Waals surface area contributed by atoms with Crippen molar-refractivity contribution in [3.8, 4) is 5.75 Å². The van der Waals surface area contributed by atoms with Crippen molar-refractivity contribution in [2.24, 2.45) is 11.1 Å². The second-order valence-corrected chi connectivity index (χ2v) is 14.4. The van der Waals surface area contributed by atoms with Crippen LogP contribution in [-0.2, 0) is 23.3 Å². The van der Waals surface area contributed by atoms with Crippen LogP contribution in [0.1, 0.15) is 60.2 Å². The third kappa shape index (κ3) is 9.08. The molecule has 0 bridgehead atoms. The molecule has 2 aromatic carbocycles. The maximum Gasteiger partial charge on any atom is 0.411 e. The Balaban J connectivity index is 2.33. The average Bonchev–Trinajstić information content (AvgIpc) is 3.05. The number of halogens is 8. The minimum atomic E-state index is -7.19. The number of benzene rings is 2. The van der Waals surface area contributed by atoms with Crippen molar-refractivity contribution < 1.29 is 72.7 Å². The summed E-state index contributed by atoms with van der Waals surface area (Å²) >= 11 is 0. The molecule has 0 saturated carbocycles. The summed E-state index contributed by atoms with van der Waals surface area (Å²) in [4.78, 5) is 54.5. The highest BCUT2D eigenvalue weighted by molar-refractivity contribution is 6.66. The van der Waals surface area contributed by atoms with Crippen LogP contribution in [0, 0.1) is 5.92 Å². The van der Waals surface area contributed by atoms with Crippen LogP contribution in [0.5, 0.6) is 5.75 Å². The molecule has 0 N–H and O–H groups in total. The Morgan fingerprint density at radius 3 is 1.80 bits per heavy atom. The average molecular weight is 728 g/mol. The van der Waals surface area contributed by atoms with Gasteiger partial charge in [-0.05, 0) is 62.3 Å². The monoisotopic (exact) mass is 727 g/mol. The molecule has 0 aromatic heterocycles. The maximum atomic E-state index is 14.5. The van der Waals surface area contributed by atoms with E-state index < -0.39 is 67.6 Å². The van der Waals surface area contributed by atoms with Crippen molar-refractivity contribution in [2.75, 3.05) is 7.11 Å². The van der Waals surface area contributed by atoms with Gasteiger partial charge in [0.2, 0.25) is 5.78 Å². The molecule has 49 heavy (non-hydrogen) atoms. The van der Waals surface area contributed by atoms with Crippen LogP contribution < -0.4 is 4.74 Å². The number of nitrogens with zero attached hydrogens (tertiary/aromatic N) is 1. The molecule has 0 spiro atoms. The lowest BCUT2D eigenvalue weighted by atomic mass is 9.89. The van der Waals surface area contributed by atoms with Crippen LogP contribution in [0.3, 0.4) is 0 Å². The molecule has 0 heterocycles. The van der Waals surface area contributed by atoms with Crippen molar-refractivity contribution in [3.63, 3.8) is 0 Å². The fourth-order valence-electron chi connectivity index (χ4n) is 3.98. The van der Waals surface area contributed by atoms with Gasteiger partial charge in [0, 0.05) is 18.6 Å². The van der Waals surface area contributed by atoms with Gasteiger partial charge in [0.05, 0.1) is 5.56 Å². The molecule has 1 unspecified atom stereocenters. The van der Waals surface area contributed by atoms with Gasteiger partial charge in [-0.3, -0.25) is 4.79 Å². The number of esters is 1. The van der Waals surface area contributed by atoms with Crippen molar-refractivity contribution >= 4 is 38.0 Å². The molecule has 0 saturated heterocycles. The van der Waals surface area contributed by atoms with Crippen molar-refractivity contribution in [2.45, 2.75) is 76.3 Å². The number of ether oxygens (including phenoxy) is 1. The number of hydrogen-bond donors (Lipinski definition) is 0. The minimum absolute atomic E-state index is 0.131. The molecule has 0 aliphatic heterocycles. The molecule has 0 aliphatic carbocycles. The molecule has 18 heteroatoms. The largest absolute Gasteiger partial charge is 0.490 e. The van der Waals surface area contributed by atoms with Gasteiger partial charge in [-0.15, -0.1) is 0 Å². The van der Waals surface area contributed by atoms with Crippen LogP contribution >= 0.6 is 0 Å². The molecule has 2 aromatic rings. The van der Waals surface area contributed by atoms with Crippen LogP contribution in [0.2, 0.25) is 13.1 Å². The van der Waals surface area contributed by atoms with E-state index in [2.05, 4.69) is 18.7 Å². The van der Waals surface area contributed by atoms with Gasteiger partial charge in [-0.1, -0.05) is 50.0 Å². The quantitative estimate of drug-likeness (QED) is 0.0239. The standard InChI is InChI=1S/C31H33F8NO8Si/c1-6-8-12-19(7-2)23(40-47-25(42)21-13-10-9-11-14-21)24(41)20-15-17-22(18-16-20)46-26(43)28(32,33)30(36,37)31(38,39)29(34,35)27(44)48-49(4,5)45-3/h9-11,13-19H,6-8,12H2,1-5H3/b40-23+. The minimum Gasteiger partial charge on any atom is -0.490 e. The Labute approximate surface area is 276 Å². The Hall–Kier alpha value is -4.19. The van der Waals surface area contributed by atoms with Crippen LogP contribution in [0.15, 0.2) is 59.8 Å². The summed E-state index contributed by atoms with van der Waals surface area (Å²) in [7, 11) is -3.07. The van der Waals surface area contributed by atoms with Crippen molar-refractivity contribution in [1.82, 2.24) is 0 Å². The number of alkyl halides is 8. The highest BCUT2D eigenvalue weighted by Crippen LogP contribution is 2.53. The Bertz CT molecular complexity index is 1520. The van der Waals surface area contributed by atoms with Crippen molar-refractivity contribution in [1.29, 1.82) is 0 Å². The number of Topliss-reactive ketones (excluding diaryl/α,β-unsaturated/α-hetero) is 1. The first-order valence-electron chi connectivity index (χ1n) is 14.6. The number of carbonyl (C=O) groups excluding carboxylic acids is 4. The SMILES string of the molecule is CCCCC(CC)/C(=N\OC(=O)c1ccccc1)C(=O)c1ccc(OC(=O)C(F)(F)C(F)(F)C(F)(F)C(F)(F)C(=O)O[Si](C)(C)OC)cc1. The van der Waals surface area contributed by atoms with E-state index in [4.69, 9.17) is 4.84 Å². The summed E-state index contributed by atoms with van der Waals surface area (Å²) in [6, 6.07) is 10.7. The molecular formula is C31H33F8NO8Si. The first kappa shape index (κ1) is 41.0. The van der Waals surface area contributed by atoms with Gasteiger partial charge in [0.1, 0.15) is 11.5 Å². The van der Waals surface area contributed by atoms with Crippen LogP contribution in [0.25, 0.3) is 0 Å². The number of unbranched alkanes of at least 4 members (excludes halogenated alkanes) is 1. The summed E-state index contributed by atoms with van der Waals surface area (Å²) in [5.41, 5.74) is -0.297. The van der Waals surface area contributed by atoms with Crippen LogP contribution in [-0.4, -0.2) is 68.8 Å². The van der Waals surface area contributed by atoms with Gasteiger partial charge in [-0.25, -0.2) is 14.4 Å². The lowest BCUT2D eigenvalue weighted by molar-refractivity contribution is -0.352. The topological polar surface area (TPSA) is 118 Å². The zero-order chi connectivity index (χ0) is 37.4. The molecule has 0 aliphatic rings. The molecule has 270 valence electrons. The molecule has 0 amide bonds. The highest BCUT2D eigenvalue weighted by Gasteiger charge is 2.85. The normalized spacial score (nSPS) is 13.8. The molecule has 2 rings (SSSR count). The Morgan fingerprint density at radius 1 is 0.776 bits per heavy atom. The van der Waals surface area contributed by atoms with Gasteiger partial charge in [0.15, 0.2) is 0 Å². The molecule has 0 radical (unpaired) electrons. The second-order valence-electron chi connectivity index (χ2n) is 11.0. The first-order chi connectivity index (χ1) is 22.6. The molecule has 9 nitrogen and oxygen atoms in total. The predicted molar refractivity (Wildman–Crippen MR) is 159 cm³/mol. The fourth-order valence-corrected chi connectivity index (χ4v) is 4.63. The smallest absolute Gasteiger partial charge is 0.411 e. The number of rotatable bonds is 17. The van der Waals surface area contributed by atoms with E-state index in [1.165, 1.54) is 12.1 Å². The lowest BCUT2D eigenvalue weighted by Crippen LogP contribution is -2.67. The Morgan fingerprint density at radius 2 is 1.31 bits per heavy atom. The highest BCUT2D eigenvalue weighted by atomic mass is 28.4. The fraction of sp³-hybridized carbons (Fsp3) is 0.452. The predicted octanol–water partition coefficient (Wildman–Crippen LogP) is 7.64. The van der Waals surface area contributed by atoms with Gasteiger partial charge in [-0.2, -0.15) is 35.1 Å². The van der Waals surface area contributed by atoms with E-state index >= 15 is 0 Å². The van der Waals surface area contributed by atoms with Gasteiger partial charge >= 0.3 is 50.2 Å². The molecular weight excluding hydrogens is 694 g/mol. The summed E-state index contributed by atoms with van der Waals surface area (Å²) in [5, 5.41) is 3.79. The number of carbonyl (C=O) groups is 4.